The Morgan fingerprint density at radius 1 is 1.42 bits per heavy atom. The summed E-state index contributed by atoms with van der Waals surface area (Å²) < 4.78 is 0. The summed E-state index contributed by atoms with van der Waals surface area (Å²) in [5.74, 6) is -0.599. The summed E-state index contributed by atoms with van der Waals surface area (Å²) in [5, 5.41) is 22.6. The summed E-state index contributed by atoms with van der Waals surface area (Å²) >= 11 is 0. The van der Waals surface area contributed by atoms with Crippen molar-refractivity contribution in [1.29, 1.82) is 5.26 Å². The molecule has 1 rings (SSSR count). The molecule has 0 aliphatic rings. The second-order valence-corrected chi connectivity index (χ2v) is 4.13. The summed E-state index contributed by atoms with van der Waals surface area (Å²) in [5.41, 5.74) is -1.28. The van der Waals surface area contributed by atoms with Crippen LogP contribution in [0.5, 0.6) is 0 Å². The first-order valence-electron chi connectivity index (χ1n) is 5.97. The molecule has 0 saturated carbocycles. The normalized spacial score (nSPS) is 10.6. The van der Waals surface area contributed by atoms with Gasteiger partial charge in [-0.05, 0) is 18.9 Å². The molecule has 0 saturated heterocycles. The molecule has 1 amide bonds. The van der Waals surface area contributed by atoms with Crippen molar-refractivity contribution >= 4 is 11.6 Å². The Morgan fingerprint density at radius 3 is 2.47 bits per heavy atom. The molecule has 0 spiro atoms. The Balaban J connectivity index is 3.09. The SMILES string of the molecule is CCC(C#N)(CC)NC(=O)c1ccccc1[N+](=O)[O-]. The highest BCUT2D eigenvalue weighted by Gasteiger charge is 2.30. The van der Waals surface area contributed by atoms with Gasteiger partial charge in [-0.25, -0.2) is 0 Å². The maximum atomic E-state index is 12.1. The summed E-state index contributed by atoms with van der Waals surface area (Å²) in [6, 6.07) is 7.74. The van der Waals surface area contributed by atoms with Gasteiger partial charge in [-0.3, -0.25) is 14.9 Å². The van der Waals surface area contributed by atoms with Crippen LogP contribution in [0.25, 0.3) is 0 Å². The lowest BCUT2D eigenvalue weighted by atomic mass is 9.94. The van der Waals surface area contributed by atoms with Gasteiger partial charge in [-0.1, -0.05) is 26.0 Å². The molecule has 0 unspecified atom stereocenters. The quantitative estimate of drug-likeness (QED) is 0.650. The fraction of sp³-hybridized carbons (Fsp3) is 0.385. The third-order valence-corrected chi connectivity index (χ3v) is 3.12. The van der Waals surface area contributed by atoms with Gasteiger partial charge in [0.25, 0.3) is 11.6 Å². The van der Waals surface area contributed by atoms with Crippen LogP contribution in [0, 0.1) is 21.4 Å². The maximum Gasteiger partial charge on any atom is 0.282 e. The van der Waals surface area contributed by atoms with Gasteiger partial charge in [0.1, 0.15) is 11.1 Å². The van der Waals surface area contributed by atoms with E-state index >= 15 is 0 Å². The van der Waals surface area contributed by atoms with Crippen LogP contribution in [0.3, 0.4) is 0 Å². The Bertz CT molecular complexity index is 530. The van der Waals surface area contributed by atoms with Gasteiger partial charge in [0.2, 0.25) is 0 Å². The van der Waals surface area contributed by atoms with E-state index < -0.39 is 16.4 Å². The smallest absolute Gasteiger partial charge is 0.282 e. The summed E-state index contributed by atoms with van der Waals surface area (Å²) in [7, 11) is 0. The molecule has 0 aliphatic heterocycles. The Labute approximate surface area is 111 Å². The molecule has 0 aliphatic carbocycles. The fourth-order valence-electron chi connectivity index (χ4n) is 1.72. The Hall–Kier alpha value is -2.42. The molecular formula is C13H15N3O3. The van der Waals surface area contributed by atoms with E-state index in [9.17, 15) is 14.9 Å². The second-order valence-electron chi connectivity index (χ2n) is 4.13. The highest BCUT2D eigenvalue weighted by molar-refractivity contribution is 5.98. The van der Waals surface area contributed by atoms with Crippen molar-refractivity contribution in [2.75, 3.05) is 0 Å². The Kier molecular flexibility index (Phi) is 4.59. The molecular weight excluding hydrogens is 246 g/mol. The van der Waals surface area contributed by atoms with Crippen molar-refractivity contribution in [1.82, 2.24) is 5.32 Å². The first kappa shape index (κ1) is 14.6. The van der Waals surface area contributed by atoms with Crippen LogP contribution in [-0.4, -0.2) is 16.4 Å². The minimum absolute atomic E-state index is 0.0333. The van der Waals surface area contributed by atoms with Crippen molar-refractivity contribution in [3.8, 4) is 6.07 Å². The fourth-order valence-corrected chi connectivity index (χ4v) is 1.72. The average molecular weight is 261 g/mol. The van der Waals surface area contributed by atoms with Crippen LogP contribution >= 0.6 is 0 Å². The zero-order valence-electron chi connectivity index (χ0n) is 10.8. The number of nitriles is 1. The predicted octanol–water partition coefficient (Wildman–Crippen LogP) is 2.41. The average Bonchev–Trinajstić information content (AvgIpc) is 2.44. The molecule has 6 heteroatoms. The largest absolute Gasteiger partial charge is 0.334 e. The molecule has 0 radical (unpaired) electrons. The lowest BCUT2D eigenvalue weighted by Crippen LogP contribution is -2.46. The second kappa shape index (κ2) is 5.96. The Morgan fingerprint density at radius 2 is 2.00 bits per heavy atom. The van der Waals surface area contributed by atoms with Crippen LogP contribution in [0.1, 0.15) is 37.0 Å². The predicted molar refractivity (Wildman–Crippen MR) is 69.5 cm³/mol. The minimum Gasteiger partial charge on any atom is -0.334 e. The lowest BCUT2D eigenvalue weighted by Gasteiger charge is -2.24. The number of para-hydroxylation sites is 1. The van der Waals surface area contributed by atoms with Crippen LogP contribution in [0.2, 0.25) is 0 Å². The first-order valence-corrected chi connectivity index (χ1v) is 5.97. The number of rotatable bonds is 5. The van der Waals surface area contributed by atoms with Gasteiger partial charge in [0.15, 0.2) is 0 Å². The van der Waals surface area contributed by atoms with E-state index in [4.69, 9.17) is 5.26 Å². The first-order chi connectivity index (χ1) is 8.99. The molecule has 0 heterocycles. The standard InChI is InChI=1S/C13H15N3O3/c1-3-13(4-2,9-14)15-12(17)10-7-5-6-8-11(10)16(18)19/h5-8H,3-4H2,1-2H3,(H,15,17). The number of nitrogens with one attached hydrogen (secondary N) is 1. The third kappa shape index (κ3) is 3.07. The number of amides is 1. The van der Waals surface area contributed by atoms with Gasteiger partial charge < -0.3 is 5.32 Å². The van der Waals surface area contributed by atoms with Gasteiger partial charge in [0, 0.05) is 6.07 Å². The van der Waals surface area contributed by atoms with Gasteiger partial charge in [0.05, 0.1) is 11.0 Å². The monoisotopic (exact) mass is 261 g/mol. The van der Waals surface area contributed by atoms with E-state index in [2.05, 4.69) is 11.4 Å². The number of hydrogen-bond acceptors (Lipinski definition) is 4. The molecule has 19 heavy (non-hydrogen) atoms. The summed E-state index contributed by atoms with van der Waals surface area (Å²) in [6.07, 6.45) is 0.874. The van der Waals surface area contributed by atoms with E-state index in [0.717, 1.165) is 0 Å². The van der Waals surface area contributed by atoms with E-state index in [-0.39, 0.29) is 11.3 Å². The summed E-state index contributed by atoms with van der Waals surface area (Å²) in [4.78, 5) is 22.3. The number of hydrogen-bond donors (Lipinski definition) is 1. The highest BCUT2D eigenvalue weighted by atomic mass is 16.6. The highest BCUT2D eigenvalue weighted by Crippen LogP contribution is 2.20. The number of nitrogens with zero attached hydrogens (tertiary/aromatic N) is 2. The van der Waals surface area contributed by atoms with Crippen LogP contribution in [-0.2, 0) is 0 Å². The van der Waals surface area contributed by atoms with Crippen molar-refractivity contribution in [2.24, 2.45) is 0 Å². The molecule has 1 N–H and O–H groups in total. The van der Waals surface area contributed by atoms with Crippen molar-refractivity contribution in [2.45, 2.75) is 32.2 Å². The number of carbonyl (C=O) groups excluding carboxylic acids is 1. The number of nitro benzene ring substituents is 1. The lowest BCUT2D eigenvalue weighted by molar-refractivity contribution is -0.385. The zero-order valence-corrected chi connectivity index (χ0v) is 10.8. The van der Waals surface area contributed by atoms with Crippen LogP contribution < -0.4 is 5.32 Å². The zero-order chi connectivity index (χ0) is 14.5. The van der Waals surface area contributed by atoms with Crippen molar-refractivity contribution in [3.05, 3.63) is 39.9 Å². The molecule has 1 aromatic carbocycles. The molecule has 0 aromatic heterocycles. The third-order valence-electron chi connectivity index (χ3n) is 3.12. The van der Waals surface area contributed by atoms with Crippen LogP contribution in [0.15, 0.2) is 24.3 Å². The number of benzene rings is 1. The molecule has 0 bridgehead atoms. The molecule has 100 valence electrons. The van der Waals surface area contributed by atoms with Gasteiger partial charge in [-0.2, -0.15) is 5.26 Å². The van der Waals surface area contributed by atoms with E-state index in [1.165, 1.54) is 18.2 Å². The van der Waals surface area contributed by atoms with Gasteiger partial charge in [-0.15, -0.1) is 0 Å². The van der Waals surface area contributed by atoms with Crippen LogP contribution in [0.4, 0.5) is 5.69 Å². The molecule has 0 atom stereocenters. The van der Waals surface area contributed by atoms with Crippen molar-refractivity contribution in [3.63, 3.8) is 0 Å². The maximum absolute atomic E-state index is 12.1. The minimum atomic E-state index is -0.985. The molecule has 0 fully saturated rings. The number of carbonyl (C=O) groups is 1. The molecule has 6 nitrogen and oxygen atoms in total. The van der Waals surface area contributed by atoms with E-state index in [1.54, 1.807) is 19.9 Å². The number of nitro groups is 1. The van der Waals surface area contributed by atoms with Crippen molar-refractivity contribution < 1.29 is 9.72 Å². The summed E-state index contributed by atoms with van der Waals surface area (Å²) in [6.45, 7) is 3.57. The van der Waals surface area contributed by atoms with E-state index in [1.807, 2.05) is 0 Å². The topological polar surface area (TPSA) is 96.0 Å². The van der Waals surface area contributed by atoms with Gasteiger partial charge >= 0.3 is 0 Å². The molecule has 1 aromatic rings. The van der Waals surface area contributed by atoms with E-state index in [0.29, 0.717) is 12.8 Å².